The molecule has 9 heteroatoms. The number of pyridine rings is 1. The maximum absolute atomic E-state index is 13.1. The third kappa shape index (κ3) is 4.03. The highest BCUT2D eigenvalue weighted by Gasteiger charge is 2.20. The van der Waals surface area contributed by atoms with Gasteiger partial charge in [0.25, 0.3) is 0 Å². The minimum atomic E-state index is -0.435. The van der Waals surface area contributed by atoms with Gasteiger partial charge >= 0.3 is 0 Å². The topological polar surface area (TPSA) is 72.7 Å². The summed E-state index contributed by atoms with van der Waals surface area (Å²) in [6.45, 7) is 1.76. The third-order valence-electron chi connectivity index (χ3n) is 3.61. The summed E-state index contributed by atoms with van der Waals surface area (Å²) in [5, 5.41) is 11.4. The van der Waals surface area contributed by atoms with E-state index in [1.165, 1.54) is 23.9 Å². The van der Waals surface area contributed by atoms with Crippen molar-refractivity contribution in [1.29, 1.82) is 0 Å². The molecule has 0 spiro atoms. The van der Waals surface area contributed by atoms with Gasteiger partial charge in [-0.2, -0.15) is 0 Å². The van der Waals surface area contributed by atoms with Crippen LogP contribution in [0.25, 0.3) is 11.4 Å². The van der Waals surface area contributed by atoms with Crippen molar-refractivity contribution >= 4 is 35.0 Å². The van der Waals surface area contributed by atoms with Crippen molar-refractivity contribution < 1.29 is 9.18 Å². The number of anilines is 1. The molecule has 1 N–H and O–H groups in total. The predicted octanol–water partition coefficient (Wildman–Crippen LogP) is 3.79. The van der Waals surface area contributed by atoms with Crippen molar-refractivity contribution in [1.82, 2.24) is 19.7 Å². The number of halogens is 2. The largest absolute Gasteiger partial charge is 0.322 e. The Morgan fingerprint density at radius 2 is 2.00 bits per heavy atom. The van der Waals surface area contributed by atoms with Crippen molar-refractivity contribution in [2.45, 2.75) is 17.3 Å². The van der Waals surface area contributed by atoms with Gasteiger partial charge in [0.15, 0.2) is 16.1 Å². The standard InChI is InChI=1S/C17H15ClFN5OS/c1-10(16(25)21-13-4-3-9-20-14(13)18)26-17-23-22-15(24(17)2)11-5-7-12(19)8-6-11/h3-10H,1-2H3,(H,21,25)/t10-/m1/s1. The highest BCUT2D eigenvalue weighted by Crippen LogP contribution is 2.27. The highest BCUT2D eigenvalue weighted by molar-refractivity contribution is 8.00. The molecule has 0 saturated carbocycles. The van der Waals surface area contributed by atoms with Gasteiger partial charge in [0.1, 0.15) is 5.82 Å². The summed E-state index contributed by atoms with van der Waals surface area (Å²) in [5.41, 5.74) is 1.20. The third-order valence-corrected chi connectivity index (χ3v) is 5.04. The number of carbonyl (C=O) groups excluding carboxylic acids is 1. The summed E-state index contributed by atoms with van der Waals surface area (Å²) in [7, 11) is 1.80. The summed E-state index contributed by atoms with van der Waals surface area (Å²) in [5.74, 6) is 0.0523. The lowest BCUT2D eigenvalue weighted by molar-refractivity contribution is -0.115. The SMILES string of the molecule is C[C@@H](Sc1nnc(-c2ccc(F)cc2)n1C)C(=O)Nc1cccnc1Cl. The Labute approximate surface area is 158 Å². The Morgan fingerprint density at radius 1 is 1.27 bits per heavy atom. The number of amides is 1. The minimum absolute atomic E-state index is 0.226. The first-order valence-electron chi connectivity index (χ1n) is 7.69. The second-order valence-electron chi connectivity index (χ2n) is 5.46. The summed E-state index contributed by atoms with van der Waals surface area (Å²) in [6, 6.07) is 9.37. The van der Waals surface area contributed by atoms with E-state index in [9.17, 15) is 9.18 Å². The van der Waals surface area contributed by atoms with Gasteiger partial charge in [-0.05, 0) is 43.3 Å². The van der Waals surface area contributed by atoms with Crippen LogP contribution in [0.3, 0.4) is 0 Å². The van der Waals surface area contributed by atoms with E-state index < -0.39 is 5.25 Å². The molecule has 1 amide bonds. The number of aromatic nitrogens is 4. The van der Waals surface area contributed by atoms with E-state index in [1.807, 2.05) is 0 Å². The van der Waals surface area contributed by atoms with E-state index in [-0.39, 0.29) is 16.9 Å². The maximum atomic E-state index is 13.1. The van der Waals surface area contributed by atoms with Crippen molar-refractivity contribution in [3.05, 3.63) is 53.6 Å². The van der Waals surface area contributed by atoms with Crippen LogP contribution in [0.15, 0.2) is 47.8 Å². The van der Waals surface area contributed by atoms with Crippen LogP contribution in [0.4, 0.5) is 10.1 Å². The number of hydrogen-bond acceptors (Lipinski definition) is 5. The number of hydrogen-bond donors (Lipinski definition) is 1. The van der Waals surface area contributed by atoms with Crippen LogP contribution in [-0.4, -0.2) is 30.9 Å². The van der Waals surface area contributed by atoms with Gasteiger partial charge in [-0.1, -0.05) is 23.4 Å². The molecule has 3 rings (SSSR count). The number of nitrogens with zero attached hydrogens (tertiary/aromatic N) is 4. The van der Waals surface area contributed by atoms with Crippen molar-refractivity contribution in [2.75, 3.05) is 5.32 Å². The lowest BCUT2D eigenvalue weighted by Gasteiger charge is -2.12. The molecule has 0 aliphatic rings. The van der Waals surface area contributed by atoms with Crippen molar-refractivity contribution in [2.24, 2.45) is 7.05 Å². The predicted molar refractivity (Wildman–Crippen MR) is 99.6 cm³/mol. The van der Waals surface area contributed by atoms with Gasteiger partial charge in [0.05, 0.1) is 10.9 Å². The number of benzene rings is 1. The zero-order valence-electron chi connectivity index (χ0n) is 14.0. The maximum Gasteiger partial charge on any atom is 0.237 e. The van der Waals surface area contributed by atoms with Gasteiger partial charge < -0.3 is 9.88 Å². The fraction of sp³-hybridized carbons (Fsp3) is 0.176. The molecule has 1 atom stereocenters. The van der Waals surface area contributed by atoms with Crippen LogP contribution in [0, 0.1) is 5.82 Å². The molecule has 1 aromatic carbocycles. The normalized spacial score (nSPS) is 12.0. The lowest BCUT2D eigenvalue weighted by Crippen LogP contribution is -2.23. The minimum Gasteiger partial charge on any atom is -0.322 e. The first-order chi connectivity index (χ1) is 12.5. The van der Waals surface area contributed by atoms with Crippen LogP contribution in [-0.2, 0) is 11.8 Å². The average molecular weight is 392 g/mol. The zero-order valence-corrected chi connectivity index (χ0v) is 15.6. The highest BCUT2D eigenvalue weighted by atomic mass is 35.5. The molecule has 0 radical (unpaired) electrons. The van der Waals surface area contributed by atoms with Gasteiger partial charge in [-0.25, -0.2) is 9.37 Å². The number of nitrogens with one attached hydrogen (secondary N) is 1. The van der Waals surface area contributed by atoms with E-state index in [0.29, 0.717) is 16.7 Å². The molecule has 0 aliphatic heterocycles. The van der Waals surface area contributed by atoms with E-state index in [1.54, 1.807) is 49.0 Å². The smallest absolute Gasteiger partial charge is 0.237 e. The fourth-order valence-electron chi connectivity index (χ4n) is 2.19. The Bertz CT molecular complexity index is 931. The van der Waals surface area contributed by atoms with Crippen LogP contribution in [0.2, 0.25) is 5.15 Å². The molecule has 26 heavy (non-hydrogen) atoms. The zero-order chi connectivity index (χ0) is 18.7. The molecule has 2 aromatic heterocycles. The molecule has 0 bridgehead atoms. The number of carbonyl (C=O) groups is 1. The second kappa shape index (κ2) is 7.84. The summed E-state index contributed by atoms with van der Waals surface area (Å²) >= 11 is 7.22. The fourth-order valence-corrected chi connectivity index (χ4v) is 3.17. The second-order valence-corrected chi connectivity index (χ2v) is 7.13. The average Bonchev–Trinajstić information content (AvgIpc) is 2.98. The van der Waals surface area contributed by atoms with Gasteiger partial charge in [-0.15, -0.1) is 10.2 Å². The van der Waals surface area contributed by atoms with Crippen LogP contribution in [0.1, 0.15) is 6.92 Å². The number of thioether (sulfide) groups is 1. The van der Waals surface area contributed by atoms with Crippen molar-refractivity contribution in [3.8, 4) is 11.4 Å². The molecule has 134 valence electrons. The van der Waals surface area contributed by atoms with Crippen LogP contribution >= 0.6 is 23.4 Å². The Balaban J connectivity index is 1.71. The molecule has 2 heterocycles. The number of rotatable bonds is 5. The van der Waals surface area contributed by atoms with Crippen molar-refractivity contribution in [3.63, 3.8) is 0 Å². The monoisotopic (exact) mass is 391 g/mol. The Morgan fingerprint density at radius 3 is 2.69 bits per heavy atom. The molecule has 0 saturated heterocycles. The Kier molecular flexibility index (Phi) is 5.53. The molecular formula is C17H15ClFN5OS. The molecule has 3 aromatic rings. The summed E-state index contributed by atoms with van der Waals surface area (Å²) in [4.78, 5) is 16.3. The summed E-state index contributed by atoms with van der Waals surface area (Å²) in [6.07, 6.45) is 1.55. The first kappa shape index (κ1) is 18.3. The van der Waals surface area contributed by atoms with E-state index in [4.69, 9.17) is 11.6 Å². The Hall–Kier alpha value is -2.45. The molecular weight excluding hydrogens is 377 g/mol. The van der Waals surface area contributed by atoms with Crippen LogP contribution < -0.4 is 5.32 Å². The quantitative estimate of drug-likeness (QED) is 0.529. The first-order valence-corrected chi connectivity index (χ1v) is 8.95. The summed E-state index contributed by atoms with van der Waals surface area (Å²) < 4.78 is 14.8. The lowest BCUT2D eigenvalue weighted by atomic mass is 10.2. The van der Waals surface area contributed by atoms with E-state index in [0.717, 1.165) is 5.56 Å². The molecule has 0 fully saturated rings. The van der Waals surface area contributed by atoms with Gasteiger partial charge in [0.2, 0.25) is 5.91 Å². The molecule has 0 unspecified atom stereocenters. The molecule has 6 nitrogen and oxygen atoms in total. The van der Waals surface area contributed by atoms with E-state index >= 15 is 0 Å². The van der Waals surface area contributed by atoms with Gasteiger partial charge in [0, 0.05) is 18.8 Å². The van der Waals surface area contributed by atoms with Gasteiger partial charge in [-0.3, -0.25) is 4.79 Å². The van der Waals surface area contributed by atoms with Crippen LogP contribution in [0.5, 0.6) is 0 Å². The van der Waals surface area contributed by atoms with E-state index in [2.05, 4.69) is 20.5 Å². The molecule has 0 aliphatic carbocycles.